The van der Waals surface area contributed by atoms with Gasteiger partial charge in [0, 0.05) is 20.5 Å². The first-order valence-corrected chi connectivity index (χ1v) is 8.23. The first-order valence-electron chi connectivity index (χ1n) is 5.33. The number of hydrogen-bond donors (Lipinski definition) is 2. The molecule has 2 rings (SSSR count). The summed E-state index contributed by atoms with van der Waals surface area (Å²) in [4.78, 5) is 0. The minimum absolute atomic E-state index is 0.195. The number of rotatable bonds is 2. The summed E-state index contributed by atoms with van der Waals surface area (Å²) in [6, 6.07) is 5.58. The number of hydrogen-bond acceptors (Lipinski definition) is 4. The first-order chi connectivity index (χ1) is 7.80. The molecule has 1 fully saturated rings. The number of nitrogen functional groups attached to an aromatic ring is 1. The Bertz CT molecular complexity index is 544. The quantitative estimate of drug-likeness (QED) is 0.619. The minimum atomic E-state index is -2.88. The molecule has 0 radical (unpaired) electrons. The molecule has 1 heterocycles. The van der Waals surface area contributed by atoms with Gasteiger partial charge in [0.1, 0.15) is 0 Å². The Morgan fingerprint density at radius 1 is 1.47 bits per heavy atom. The van der Waals surface area contributed by atoms with Crippen LogP contribution in [-0.4, -0.2) is 25.5 Å². The van der Waals surface area contributed by atoms with Crippen molar-refractivity contribution in [3.05, 3.63) is 21.8 Å². The van der Waals surface area contributed by atoms with E-state index in [1.165, 1.54) is 0 Å². The van der Waals surface area contributed by atoms with Crippen LogP contribution in [0.5, 0.6) is 0 Å². The molecule has 1 aliphatic heterocycles. The molecule has 17 heavy (non-hydrogen) atoms. The van der Waals surface area contributed by atoms with Crippen molar-refractivity contribution >= 4 is 43.8 Å². The molecular formula is C11H15IN2O2S. The average Bonchev–Trinajstić information content (AvgIpc) is 2.46. The zero-order valence-corrected chi connectivity index (χ0v) is 12.5. The summed E-state index contributed by atoms with van der Waals surface area (Å²) in [6.07, 6.45) is 0.649. The fourth-order valence-electron chi connectivity index (χ4n) is 2.07. The van der Waals surface area contributed by atoms with E-state index in [1.807, 2.05) is 25.1 Å². The van der Waals surface area contributed by atoms with Crippen LogP contribution >= 0.6 is 22.6 Å². The molecule has 6 heteroatoms. The normalized spacial score (nSPS) is 26.9. The van der Waals surface area contributed by atoms with Crippen LogP contribution in [0.25, 0.3) is 0 Å². The van der Waals surface area contributed by atoms with Crippen LogP contribution in [0.2, 0.25) is 0 Å². The fourth-order valence-corrected chi connectivity index (χ4v) is 4.83. The summed E-state index contributed by atoms with van der Waals surface area (Å²) in [5.41, 5.74) is 6.97. The first kappa shape index (κ1) is 12.9. The largest absolute Gasteiger partial charge is 0.399 e. The molecular weight excluding hydrogens is 351 g/mol. The fraction of sp³-hybridized carbons (Fsp3) is 0.455. The summed E-state index contributed by atoms with van der Waals surface area (Å²) < 4.78 is 24.0. The Morgan fingerprint density at radius 3 is 2.71 bits per heavy atom. The molecule has 0 saturated carbocycles. The van der Waals surface area contributed by atoms with Gasteiger partial charge in [-0.15, -0.1) is 0 Å². The second kappa shape index (κ2) is 4.31. The Kier molecular flexibility index (Phi) is 3.28. The van der Waals surface area contributed by atoms with Gasteiger partial charge in [0.15, 0.2) is 9.84 Å². The molecule has 1 aliphatic rings. The van der Waals surface area contributed by atoms with Crippen LogP contribution in [0, 0.1) is 3.57 Å². The van der Waals surface area contributed by atoms with E-state index in [9.17, 15) is 8.42 Å². The monoisotopic (exact) mass is 366 g/mol. The average molecular weight is 366 g/mol. The van der Waals surface area contributed by atoms with Crippen molar-refractivity contribution in [2.24, 2.45) is 0 Å². The van der Waals surface area contributed by atoms with Crippen molar-refractivity contribution in [2.75, 3.05) is 22.6 Å². The molecule has 1 aromatic rings. The lowest BCUT2D eigenvalue weighted by molar-refractivity contribution is 0.574. The molecule has 0 aliphatic carbocycles. The van der Waals surface area contributed by atoms with Gasteiger partial charge < -0.3 is 11.1 Å². The van der Waals surface area contributed by atoms with Gasteiger partial charge in [0.05, 0.1) is 11.5 Å². The number of benzene rings is 1. The van der Waals surface area contributed by atoms with Crippen LogP contribution in [0.3, 0.4) is 0 Å². The smallest absolute Gasteiger partial charge is 0.152 e. The third-order valence-electron chi connectivity index (χ3n) is 2.93. The Morgan fingerprint density at radius 2 is 2.18 bits per heavy atom. The Hall–Kier alpha value is -0.500. The number of anilines is 2. The van der Waals surface area contributed by atoms with Crippen LogP contribution in [0.15, 0.2) is 18.2 Å². The Balaban J connectivity index is 2.22. The third-order valence-corrected chi connectivity index (χ3v) is 5.73. The molecule has 1 saturated heterocycles. The lowest BCUT2D eigenvalue weighted by Gasteiger charge is -2.26. The van der Waals surface area contributed by atoms with Crippen LogP contribution in [0.4, 0.5) is 11.4 Å². The van der Waals surface area contributed by atoms with Gasteiger partial charge >= 0.3 is 0 Å². The maximum absolute atomic E-state index is 11.5. The molecule has 1 unspecified atom stereocenters. The molecule has 0 amide bonds. The molecule has 1 atom stereocenters. The van der Waals surface area contributed by atoms with E-state index in [1.54, 1.807) is 0 Å². The third kappa shape index (κ3) is 3.04. The SMILES string of the molecule is CC1(Nc2ccc(N)cc2I)CCS(=O)(=O)C1. The lowest BCUT2D eigenvalue weighted by atomic mass is 10.0. The zero-order valence-electron chi connectivity index (χ0n) is 9.53. The van der Waals surface area contributed by atoms with Crippen molar-refractivity contribution in [3.63, 3.8) is 0 Å². The highest BCUT2D eigenvalue weighted by atomic mass is 127. The predicted octanol–water partition coefficient (Wildman–Crippen LogP) is 1.86. The summed E-state index contributed by atoms with van der Waals surface area (Å²) >= 11 is 2.20. The van der Waals surface area contributed by atoms with Crippen molar-refractivity contribution in [1.82, 2.24) is 0 Å². The van der Waals surface area contributed by atoms with Crippen molar-refractivity contribution in [3.8, 4) is 0 Å². The van der Waals surface area contributed by atoms with E-state index in [-0.39, 0.29) is 17.0 Å². The zero-order chi connectivity index (χ0) is 12.7. The molecule has 94 valence electrons. The number of sulfone groups is 1. The van der Waals surface area contributed by atoms with Crippen LogP contribution in [0.1, 0.15) is 13.3 Å². The van der Waals surface area contributed by atoms with Crippen molar-refractivity contribution in [2.45, 2.75) is 18.9 Å². The molecule has 4 nitrogen and oxygen atoms in total. The summed E-state index contributed by atoms with van der Waals surface area (Å²) in [7, 11) is -2.88. The number of nitrogens with one attached hydrogen (secondary N) is 1. The second-order valence-electron chi connectivity index (χ2n) is 4.77. The van der Waals surface area contributed by atoms with E-state index in [0.717, 1.165) is 9.26 Å². The topological polar surface area (TPSA) is 72.2 Å². The molecule has 3 N–H and O–H groups in total. The Labute approximate surface area is 115 Å². The summed E-state index contributed by atoms with van der Waals surface area (Å²) in [5, 5.41) is 3.33. The van der Waals surface area contributed by atoms with Crippen LogP contribution < -0.4 is 11.1 Å². The standard InChI is InChI=1S/C11H15IN2O2S/c1-11(4-5-17(15,16)7-11)14-10-3-2-8(13)6-9(10)12/h2-3,6,14H,4-5,7,13H2,1H3. The highest BCUT2D eigenvalue weighted by Crippen LogP contribution is 2.30. The van der Waals surface area contributed by atoms with Crippen molar-refractivity contribution < 1.29 is 8.42 Å². The summed E-state index contributed by atoms with van der Waals surface area (Å²) in [6.45, 7) is 1.95. The molecule has 0 aromatic heterocycles. The van der Waals surface area contributed by atoms with Gasteiger partial charge in [0.2, 0.25) is 0 Å². The van der Waals surface area contributed by atoms with E-state index in [0.29, 0.717) is 12.1 Å². The summed E-state index contributed by atoms with van der Waals surface area (Å²) in [5.74, 6) is 0.461. The van der Waals surface area contributed by atoms with E-state index in [2.05, 4.69) is 27.9 Å². The van der Waals surface area contributed by atoms with Gasteiger partial charge in [-0.2, -0.15) is 0 Å². The van der Waals surface area contributed by atoms with E-state index in [4.69, 9.17) is 5.73 Å². The minimum Gasteiger partial charge on any atom is -0.399 e. The van der Waals surface area contributed by atoms with Gasteiger partial charge in [-0.05, 0) is 54.1 Å². The molecule has 1 aromatic carbocycles. The number of halogens is 1. The number of nitrogens with two attached hydrogens (primary N) is 1. The predicted molar refractivity (Wildman–Crippen MR) is 78.9 cm³/mol. The highest BCUT2D eigenvalue weighted by Gasteiger charge is 2.38. The maximum atomic E-state index is 11.5. The molecule has 0 spiro atoms. The van der Waals surface area contributed by atoms with E-state index >= 15 is 0 Å². The van der Waals surface area contributed by atoms with Gasteiger partial charge in [-0.3, -0.25) is 0 Å². The van der Waals surface area contributed by atoms with Gasteiger partial charge in [-0.25, -0.2) is 8.42 Å². The van der Waals surface area contributed by atoms with Crippen LogP contribution in [-0.2, 0) is 9.84 Å². The second-order valence-corrected chi connectivity index (χ2v) is 8.11. The highest BCUT2D eigenvalue weighted by molar-refractivity contribution is 14.1. The maximum Gasteiger partial charge on any atom is 0.152 e. The lowest BCUT2D eigenvalue weighted by Crippen LogP contribution is -2.36. The molecule has 0 bridgehead atoms. The van der Waals surface area contributed by atoms with Gasteiger partial charge in [-0.1, -0.05) is 0 Å². The van der Waals surface area contributed by atoms with E-state index < -0.39 is 9.84 Å². The van der Waals surface area contributed by atoms with Gasteiger partial charge in [0.25, 0.3) is 0 Å². The van der Waals surface area contributed by atoms with Crippen molar-refractivity contribution in [1.29, 1.82) is 0 Å².